The van der Waals surface area contributed by atoms with Crippen LogP contribution >= 0.6 is 0 Å². The predicted octanol–water partition coefficient (Wildman–Crippen LogP) is -0.0364. The van der Waals surface area contributed by atoms with Gasteiger partial charge in [-0.3, -0.25) is 0 Å². The van der Waals surface area contributed by atoms with Gasteiger partial charge in [0.1, 0.15) is 0 Å². The molecule has 1 N–H and O–H groups in total. The van der Waals surface area contributed by atoms with Gasteiger partial charge in [-0.2, -0.15) is 0 Å². The minimum Gasteiger partial charge on any atom is -0.396 e. The summed E-state index contributed by atoms with van der Waals surface area (Å²) in [6, 6.07) is 0. The smallest absolute Gasteiger partial charge is 0.0701 e. The van der Waals surface area contributed by atoms with Crippen molar-refractivity contribution in [2.45, 2.75) is 6.42 Å². The van der Waals surface area contributed by atoms with Crippen molar-refractivity contribution in [3.05, 3.63) is 0 Å². The van der Waals surface area contributed by atoms with E-state index in [0.29, 0.717) is 26.2 Å². The van der Waals surface area contributed by atoms with Crippen molar-refractivity contribution in [2.75, 3.05) is 53.7 Å². The number of nitrogens with zero attached hydrogens (tertiary/aromatic N) is 1. The number of aliphatic hydroxyl groups is 1. The van der Waals surface area contributed by atoms with Crippen LogP contribution in [-0.2, 0) is 9.47 Å². The topological polar surface area (TPSA) is 41.9 Å². The molecule has 0 bridgehead atoms. The second kappa shape index (κ2) is 9.92. The van der Waals surface area contributed by atoms with Gasteiger partial charge < -0.3 is 19.5 Å². The van der Waals surface area contributed by atoms with Crippen LogP contribution in [0.4, 0.5) is 0 Å². The van der Waals surface area contributed by atoms with E-state index >= 15 is 0 Å². The molecule has 0 spiro atoms. The van der Waals surface area contributed by atoms with Gasteiger partial charge in [-0.05, 0) is 20.5 Å². The zero-order valence-electron chi connectivity index (χ0n) is 8.66. The zero-order valence-corrected chi connectivity index (χ0v) is 8.66. The summed E-state index contributed by atoms with van der Waals surface area (Å²) in [6.45, 7) is 3.76. The Balaban J connectivity index is 2.84. The molecule has 0 aromatic carbocycles. The summed E-state index contributed by atoms with van der Waals surface area (Å²) in [5.41, 5.74) is 0. The Morgan fingerprint density at radius 3 is 2.15 bits per heavy atom. The Kier molecular flexibility index (Phi) is 9.80. The van der Waals surface area contributed by atoms with E-state index < -0.39 is 0 Å². The molecule has 0 saturated carbocycles. The summed E-state index contributed by atoms with van der Waals surface area (Å²) in [5.74, 6) is 0. The lowest BCUT2D eigenvalue weighted by Crippen LogP contribution is -2.19. The molecular weight excluding hydrogens is 170 g/mol. The van der Waals surface area contributed by atoms with Gasteiger partial charge in [0, 0.05) is 19.8 Å². The molecule has 0 radical (unpaired) electrons. The molecule has 4 heteroatoms. The first-order valence-electron chi connectivity index (χ1n) is 4.68. The van der Waals surface area contributed by atoms with Crippen LogP contribution in [0.25, 0.3) is 0 Å². The van der Waals surface area contributed by atoms with Crippen molar-refractivity contribution >= 4 is 0 Å². The minimum absolute atomic E-state index is 0.196. The highest BCUT2D eigenvalue weighted by molar-refractivity contribution is 4.40. The lowest BCUT2D eigenvalue weighted by atomic mass is 10.5. The molecule has 0 aromatic heterocycles. The predicted molar refractivity (Wildman–Crippen MR) is 51.9 cm³/mol. The van der Waals surface area contributed by atoms with Gasteiger partial charge in [-0.1, -0.05) is 0 Å². The first-order valence-corrected chi connectivity index (χ1v) is 4.68. The molecule has 80 valence electrons. The third-order valence-corrected chi connectivity index (χ3v) is 1.50. The highest BCUT2D eigenvalue weighted by Crippen LogP contribution is 1.83. The highest BCUT2D eigenvalue weighted by Gasteiger charge is 1.91. The van der Waals surface area contributed by atoms with Gasteiger partial charge in [0.05, 0.1) is 19.8 Å². The third-order valence-electron chi connectivity index (χ3n) is 1.50. The molecule has 0 amide bonds. The number of hydrogen-bond donors (Lipinski definition) is 1. The molecule has 0 saturated heterocycles. The molecule has 0 fully saturated rings. The van der Waals surface area contributed by atoms with Crippen molar-refractivity contribution in [3.8, 4) is 0 Å². The van der Waals surface area contributed by atoms with Crippen molar-refractivity contribution in [1.29, 1.82) is 0 Å². The van der Waals surface area contributed by atoms with Gasteiger partial charge in [-0.25, -0.2) is 0 Å². The molecule has 0 aromatic rings. The molecule has 0 aliphatic carbocycles. The van der Waals surface area contributed by atoms with Gasteiger partial charge in [0.15, 0.2) is 0 Å². The van der Waals surface area contributed by atoms with Gasteiger partial charge >= 0.3 is 0 Å². The maximum Gasteiger partial charge on any atom is 0.0701 e. The van der Waals surface area contributed by atoms with E-state index in [9.17, 15) is 0 Å². The van der Waals surface area contributed by atoms with E-state index in [0.717, 1.165) is 13.2 Å². The summed E-state index contributed by atoms with van der Waals surface area (Å²) in [5, 5.41) is 8.45. The van der Waals surface area contributed by atoms with Crippen LogP contribution < -0.4 is 0 Å². The molecule has 0 rings (SSSR count). The van der Waals surface area contributed by atoms with Crippen molar-refractivity contribution in [2.24, 2.45) is 0 Å². The summed E-state index contributed by atoms with van der Waals surface area (Å²) in [4.78, 5) is 2.08. The zero-order chi connectivity index (χ0) is 9.94. The first kappa shape index (κ1) is 12.8. The van der Waals surface area contributed by atoms with E-state index in [1.54, 1.807) is 0 Å². The van der Waals surface area contributed by atoms with E-state index in [2.05, 4.69) is 4.90 Å². The quantitative estimate of drug-likeness (QED) is 0.519. The molecule has 0 heterocycles. The monoisotopic (exact) mass is 191 g/mol. The highest BCUT2D eigenvalue weighted by atomic mass is 16.5. The molecule has 0 unspecified atom stereocenters. The van der Waals surface area contributed by atoms with E-state index in [1.165, 1.54) is 0 Å². The average Bonchev–Trinajstić information content (AvgIpc) is 2.09. The molecule has 0 aliphatic heterocycles. The molecule has 0 aliphatic rings. The Morgan fingerprint density at radius 2 is 1.62 bits per heavy atom. The van der Waals surface area contributed by atoms with E-state index in [1.807, 2.05) is 14.1 Å². The lowest BCUT2D eigenvalue weighted by molar-refractivity contribution is 0.0381. The van der Waals surface area contributed by atoms with Gasteiger partial charge in [0.2, 0.25) is 0 Å². The van der Waals surface area contributed by atoms with Gasteiger partial charge in [0.25, 0.3) is 0 Å². The Bertz CT molecular complexity index is 98.9. The number of aliphatic hydroxyl groups excluding tert-OH is 1. The molecule has 0 atom stereocenters. The maximum atomic E-state index is 8.45. The van der Waals surface area contributed by atoms with Crippen LogP contribution in [0.3, 0.4) is 0 Å². The number of ether oxygens (including phenoxy) is 2. The van der Waals surface area contributed by atoms with E-state index in [4.69, 9.17) is 14.6 Å². The minimum atomic E-state index is 0.196. The fourth-order valence-electron chi connectivity index (χ4n) is 0.736. The lowest BCUT2D eigenvalue weighted by Gasteiger charge is -2.09. The Hall–Kier alpha value is -0.160. The normalized spacial score (nSPS) is 11.1. The first-order chi connectivity index (χ1) is 6.27. The number of likely N-dealkylation sites (N-methyl/N-ethyl adjacent to an activating group) is 1. The van der Waals surface area contributed by atoms with E-state index in [-0.39, 0.29) is 6.61 Å². The van der Waals surface area contributed by atoms with Crippen LogP contribution in [0.15, 0.2) is 0 Å². The van der Waals surface area contributed by atoms with Crippen LogP contribution in [0.5, 0.6) is 0 Å². The van der Waals surface area contributed by atoms with Gasteiger partial charge in [-0.15, -0.1) is 0 Å². The fourth-order valence-corrected chi connectivity index (χ4v) is 0.736. The third kappa shape index (κ3) is 11.8. The maximum absolute atomic E-state index is 8.45. The molecule has 13 heavy (non-hydrogen) atoms. The number of hydrogen-bond acceptors (Lipinski definition) is 4. The summed E-state index contributed by atoms with van der Waals surface area (Å²) >= 11 is 0. The van der Waals surface area contributed by atoms with Crippen molar-refractivity contribution in [1.82, 2.24) is 4.90 Å². The summed E-state index contributed by atoms with van der Waals surface area (Å²) < 4.78 is 10.5. The van der Waals surface area contributed by atoms with Crippen LogP contribution in [-0.4, -0.2) is 63.7 Å². The molecule has 4 nitrogen and oxygen atoms in total. The van der Waals surface area contributed by atoms with Crippen LogP contribution in [0, 0.1) is 0 Å². The van der Waals surface area contributed by atoms with Crippen molar-refractivity contribution < 1.29 is 14.6 Å². The van der Waals surface area contributed by atoms with Crippen LogP contribution in [0.1, 0.15) is 6.42 Å². The fraction of sp³-hybridized carbons (Fsp3) is 1.00. The summed E-state index contributed by atoms with van der Waals surface area (Å²) in [7, 11) is 4.03. The standard InChI is InChI=1S/C9H21NO3/c1-10(2)4-7-13-9-8-12-6-3-5-11/h11H,3-9H2,1-2H3. The average molecular weight is 191 g/mol. The molecular formula is C9H21NO3. The van der Waals surface area contributed by atoms with Crippen LogP contribution in [0.2, 0.25) is 0 Å². The Morgan fingerprint density at radius 1 is 1.00 bits per heavy atom. The second-order valence-corrected chi connectivity index (χ2v) is 3.11. The Labute approximate surface area is 80.4 Å². The second-order valence-electron chi connectivity index (χ2n) is 3.11. The largest absolute Gasteiger partial charge is 0.396 e. The SMILES string of the molecule is CN(C)CCOCCOCCCO. The van der Waals surface area contributed by atoms with Crippen molar-refractivity contribution in [3.63, 3.8) is 0 Å². The summed E-state index contributed by atoms with van der Waals surface area (Å²) in [6.07, 6.45) is 0.706. The number of rotatable bonds is 9.